The lowest BCUT2D eigenvalue weighted by molar-refractivity contribution is 0.390. The Balaban J connectivity index is 2.59. The first-order valence-electron chi connectivity index (χ1n) is 7.23. The summed E-state index contributed by atoms with van der Waals surface area (Å²) in [5, 5.41) is 3.92. The molecule has 0 aliphatic carbocycles. The smallest absolute Gasteiger partial charge is 0.209 e. The van der Waals surface area contributed by atoms with Crippen molar-refractivity contribution in [2.75, 3.05) is 38.7 Å². The molecule has 0 amide bonds. The molecule has 1 unspecified atom stereocenters. The molecular formula is C13H28N4O2S2. The fraction of sp³-hybridized carbons (Fsp3) is 0.923. The van der Waals surface area contributed by atoms with Crippen molar-refractivity contribution in [3.05, 3.63) is 0 Å². The van der Waals surface area contributed by atoms with Gasteiger partial charge >= 0.3 is 0 Å². The molecule has 0 aromatic heterocycles. The molecule has 1 atom stereocenters. The number of nitrogens with one attached hydrogen (secondary N) is 2. The van der Waals surface area contributed by atoms with Gasteiger partial charge in [-0.15, -0.1) is 0 Å². The molecule has 0 saturated carbocycles. The van der Waals surface area contributed by atoms with E-state index in [4.69, 9.17) is 0 Å². The van der Waals surface area contributed by atoms with Gasteiger partial charge in [-0.05, 0) is 20.3 Å². The molecule has 1 rings (SSSR count). The summed E-state index contributed by atoms with van der Waals surface area (Å²) in [6.45, 7) is 8.37. The van der Waals surface area contributed by atoms with Gasteiger partial charge in [0, 0.05) is 43.2 Å². The topological polar surface area (TPSA) is 73.8 Å². The highest BCUT2D eigenvalue weighted by atomic mass is 32.2. The van der Waals surface area contributed by atoms with Gasteiger partial charge in [0.15, 0.2) is 5.96 Å². The van der Waals surface area contributed by atoms with Crippen molar-refractivity contribution in [1.82, 2.24) is 14.9 Å². The third-order valence-electron chi connectivity index (χ3n) is 3.26. The van der Waals surface area contributed by atoms with Crippen molar-refractivity contribution in [1.29, 1.82) is 0 Å². The third-order valence-corrected chi connectivity index (χ3v) is 5.55. The molecule has 21 heavy (non-hydrogen) atoms. The van der Waals surface area contributed by atoms with Gasteiger partial charge in [0.05, 0.1) is 6.26 Å². The minimum Gasteiger partial charge on any atom is -0.354 e. The standard InChI is InChI=1S/C13H28N4O2S2/c1-6-11-9-17(7-8-20-11)12(14-4)15-10-13(2,3)16-21(5,18)19/h11,16H,6-10H2,1-5H3,(H,14,15). The second-order valence-corrected chi connectivity index (χ2v) is 9.16. The van der Waals surface area contributed by atoms with E-state index in [9.17, 15) is 8.42 Å². The molecule has 0 aromatic rings. The summed E-state index contributed by atoms with van der Waals surface area (Å²) < 4.78 is 25.4. The maximum Gasteiger partial charge on any atom is 0.209 e. The number of thioether (sulfide) groups is 1. The zero-order valence-electron chi connectivity index (χ0n) is 13.6. The number of nitrogens with zero attached hydrogens (tertiary/aromatic N) is 2. The van der Waals surface area contributed by atoms with E-state index in [0.29, 0.717) is 11.8 Å². The molecule has 1 fully saturated rings. The van der Waals surface area contributed by atoms with E-state index in [1.165, 1.54) is 6.26 Å². The molecule has 1 aliphatic heterocycles. The Morgan fingerprint density at radius 2 is 2.14 bits per heavy atom. The summed E-state index contributed by atoms with van der Waals surface area (Å²) in [6.07, 6.45) is 2.33. The second-order valence-electron chi connectivity index (χ2n) is 6.01. The Morgan fingerprint density at radius 3 is 2.67 bits per heavy atom. The van der Waals surface area contributed by atoms with Crippen LogP contribution in [0.3, 0.4) is 0 Å². The average Bonchev–Trinajstić information content (AvgIpc) is 2.37. The number of guanidine groups is 1. The van der Waals surface area contributed by atoms with Gasteiger partial charge in [-0.1, -0.05) is 6.92 Å². The van der Waals surface area contributed by atoms with Crippen LogP contribution in [0.25, 0.3) is 0 Å². The van der Waals surface area contributed by atoms with E-state index < -0.39 is 15.6 Å². The maximum atomic E-state index is 11.4. The zero-order chi connectivity index (χ0) is 16.1. The van der Waals surface area contributed by atoms with Crippen LogP contribution in [-0.2, 0) is 10.0 Å². The number of hydrogen-bond acceptors (Lipinski definition) is 4. The van der Waals surface area contributed by atoms with Crippen molar-refractivity contribution < 1.29 is 8.42 Å². The molecule has 0 aromatic carbocycles. The van der Waals surface area contributed by atoms with Crippen LogP contribution in [0.1, 0.15) is 27.2 Å². The second kappa shape index (κ2) is 7.69. The fourth-order valence-electron chi connectivity index (χ4n) is 2.33. The monoisotopic (exact) mass is 336 g/mol. The van der Waals surface area contributed by atoms with Gasteiger partial charge in [-0.3, -0.25) is 4.99 Å². The predicted octanol–water partition coefficient (Wildman–Crippen LogP) is 0.717. The number of aliphatic imine (C=N–C) groups is 1. The Labute approximate surface area is 133 Å². The van der Waals surface area contributed by atoms with E-state index in [0.717, 1.165) is 31.2 Å². The van der Waals surface area contributed by atoms with Crippen LogP contribution in [0, 0.1) is 0 Å². The number of sulfonamides is 1. The van der Waals surface area contributed by atoms with Gasteiger partial charge in [0.25, 0.3) is 0 Å². The zero-order valence-corrected chi connectivity index (χ0v) is 15.3. The van der Waals surface area contributed by atoms with E-state index >= 15 is 0 Å². The molecule has 1 aliphatic rings. The summed E-state index contributed by atoms with van der Waals surface area (Å²) in [5.74, 6) is 1.95. The van der Waals surface area contributed by atoms with Crippen LogP contribution in [0.4, 0.5) is 0 Å². The van der Waals surface area contributed by atoms with Gasteiger partial charge in [-0.2, -0.15) is 11.8 Å². The lowest BCUT2D eigenvalue weighted by Gasteiger charge is -2.35. The van der Waals surface area contributed by atoms with Gasteiger partial charge in [-0.25, -0.2) is 13.1 Å². The van der Waals surface area contributed by atoms with E-state index in [1.54, 1.807) is 7.05 Å². The Hall–Kier alpha value is -0.470. The fourth-order valence-corrected chi connectivity index (χ4v) is 4.59. The van der Waals surface area contributed by atoms with Crippen molar-refractivity contribution in [3.8, 4) is 0 Å². The van der Waals surface area contributed by atoms with Gasteiger partial charge < -0.3 is 10.2 Å². The lowest BCUT2D eigenvalue weighted by atomic mass is 10.1. The minimum atomic E-state index is -3.22. The lowest BCUT2D eigenvalue weighted by Crippen LogP contribution is -2.55. The average molecular weight is 337 g/mol. The summed E-state index contributed by atoms with van der Waals surface area (Å²) in [7, 11) is -1.45. The highest BCUT2D eigenvalue weighted by molar-refractivity contribution is 8.00. The van der Waals surface area contributed by atoms with Crippen molar-refractivity contribution in [3.63, 3.8) is 0 Å². The number of hydrogen-bond donors (Lipinski definition) is 2. The predicted molar refractivity (Wildman–Crippen MR) is 91.5 cm³/mol. The molecule has 0 bridgehead atoms. The molecule has 8 heteroatoms. The largest absolute Gasteiger partial charge is 0.354 e. The quantitative estimate of drug-likeness (QED) is 0.572. The van der Waals surface area contributed by atoms with Gasteiger partial charge in [0.2, 0.25) is 10.0 Å². The van der Waals surface area contributed by atoms with Gasteiger partial charge in [0.1, 0.15) is 0 Å². The first kappa shape index (κ1) is 18.6. The van der Waals surface area contributed by atoms with E-state index in [2.05, 4.69) is 26.9 Å². The normalized spacial score (nSPS) is 21.5. The van der Waals surface area contributed by atoms with Crippen LogP contribution in [0.15, 0.2) is 4.99 Å². The molecule has 1 saturated heterocycles. The van der Waals surface area contributed by atoms with Crippen molar-refractivity contribution in [2.45, 2.75) is 38.0 Å². The number of rotatable bonds is 5. The van der Waals surface area contributed by atoms with Crippen LogP contribution < -0.4 is 10.0 Å². The summed E-state index contributed by atoms with van der Waals surface area (Å²) in [6, 6.07) is 0. The Morgan fingerprint density at radius 1 is 1.48 bits per heavy atom. The Kier molecular flexibility index (Phi) is 6.80. The first-order valence-corrected chi connectivity index (χ1v) is 10.2. The van der Waals surface area contributed by atoms with Crippen molar-refractivity contribution in [2.24, 2.45) is 4.99 Å². The highest BCUT2D eigenvalue weighted by Gasteiger charge is 2.25. The van der Waals surface area contributed by atoms with Crippen LogP contribution in [0.5, 0.6) is 0 Å². The van der Waals surface area contributed by atoms with Crippen LogP contribution in [0.2, 0.25) is 0 Å². The van der Waals surface area contributed by atoms with Crippen molar-refractivity contribution >= 4 is 27.7 Å². The summed E-state index contributed by atoms with van der Waals surface area (Å²) in [4.78, 5) is 6.58. The Bertz CT molecular complexity index is 463. The summed E-state index contributed by atoms with van der Waals surface area (Å²) in [5.41, 5.74) is -0.557. The maximum absolute atomic E-state index is 11.4. The molecule has 0 spiro atoms. The molecule has 2 N–H and O–H groups in total. The molecule has 124 valence electrons. The first-order chi connectivity index (χ1) is 9.67. The summed E-state index contributed by atoms with van der Waals surface area (Å²) >= 11 is 2.01. The van der Waals surface area contributed by atoms with Crippen LogP contribution in [-0.4, -0.2) is 68.8 Å². The van der Waals surface area contributed by atoms with E-state index in [-0.39, 0.29) is 0 Å². The molecule has 0 radical (unpaired) electrons. The minimum absolute atomic E-state index is 0.493. The SMILES string of the molecule is CCC1CN(C(=NC)NCC(C)(C)NS(C)(=O)=O)CCS1. The third kappa shape index (κ3) is 6.88. The van der Waals surface area contributed by atoms with Crippen LogP contribution >= 0.6 is 11.8 Å². The molecule has 1 heterocycles. The molecule has 6 nitrogen and oxygen atoms in total. The highest BCUT2D eigenvalue weighted by Crippen LogP contribution is 2.21. The molecular weight excluding hydrogens is 308 g/mol. The van der Waals surface area contributed by atoms with E-state index in [1.807, 2.05) is 25.6 Å².